The third-order valence-corrected chi connectivity index (χ3v) is 4.07. The van der Waals surface area contributed by atoms with Crippen LogP contribution in [0, 0.1) is 13.8 Å². The summed E-state index contributed by atoms with van der Waals surface area (Å²) >= 11 is 0. The van der Waals surface area contributed by atoms with E-state index in [1.807, 2.05) is 17.9 Å². The van der Waals surface area contributed by atoms with Gasteiger partial charge in [-0.15, -0.1) is 0 Å². The molecule has 1 fully saturated rings. The average Bonchev–Trinajstić information content (AvgIpc) is 2.52. The van der Waals surface area contributed by atoms with Gasteiger partial charge in [0.2, 0.25) is 5.91 Å². The number of piperazine rings is 1. The fourth-order valence-electron chi connectivity index (χ4n) is 2.82. The fraction of sp³-hybridized carbons (Fsp3) is 0.389. The van der Waals surface area contributed by atoms with Crippen molar-refractivity contribution in [2.45, 2.75) is 26.9 Å². The summed E-state index contributed by atoms with van der Waals surface area (Å²) in [5.74, 6) is 0.179. The van der Waals surface area contributed by atoms with E-state index in [9.17, 15) is 4.79 Å². The van der Waals surface area contributed by atoms with Crippen molar-refractivity contribution in [2.75, 3.05) is 19.6 Å². The van der Waals surface area contributed by atoms with E-state index in [1.54, 1.807) is 12.4 Å². The molecule has 23 heavy (non-hydrogen) atoms. The van der Waals surface area contributed by atoms with E-state index in [-0.39, 0.29) is 5.91 Å². The van der Waals surface area contributed by atoms with E-state index < -0.39 is 0 Å². The largest absolute Gasteiger partial charge is 0.336 e. The number of carbonyl (C=O) groups excluding carboxylic acids is 1. The highest BCUT2D eigenvalue weighted by Crippen LogP contribution is 2.12. The number of amides is 1. The minimum absolute atomic E-state index is 0.179. The van der Waals surface area contributed by atoms with Crippen LogP contribution in [-0.4, -0.2) is 45.3 Å². The van der Waals surface area contributed by atoms with E-state index in [1.165, 1.54) is 11.1 Å². The summed E-state index contributed by atoms with van der Waals surface area (Å²) < 4.78 is 0. The van der Waals surface area contributed by atoms with E-state index >= 15 is 0 Å². The first-order chi connectivity index (χ1) is 11.1. The summed E-state index contributed by atoms with van der Waals surface area (Å²) in [5.41, 5.74) is 4.24. The van der Waals surface area contributed by atoms with E-state index in [2.05, 4.69) is 40.0 Å². The van der Waals surface area contributed by atoms with Gasteiger partial charge < -0.3 is 4.90 Å². The molecule has 1 aromatic carbocycles. The van der Waals surface area contributed by atoms with Crippen LogP contribution in [0.1, 0.15) is 22.5 Å². The number of aromatic nitrogens is 2. The molecule has 0 bridgehead atoms. The van der Waals surface area contributed by atoms with Gasteiger partial charge in [-0.1, -0.05) is 29.8 Å². The van der Waals surface area contributed by atoms with Gasteiger partial charge >= 0.3 is 0 Å². The van der Waals surface area contributed by atoms with Gasteiger partial charge in [-0.3, -0.25) is 19.7 Å². The van der Waals surface area contributed by atoms with Gasteiger partial charge in [0.05, 0.1) is 17.9 Å². The molecule has 3 rings (SSSR count). The molecular weight excluding hydrogens is 288 g/mol. The van der Waals surface area contributed by atoms with Crippen molar-refractivity contribution in [3.8, 4) is 0 Å². The van der Waals surface area contributed by atoms with Crippen molar-refractivity contribution < 1.29 is 4.79 Å². The summed E-state index contributed by atoms with van der Waals surface area (Å²) in [6.45, 7) is 7.44. The first-order valence-electron chi connectivity index (χ1n) is 7.93. The van der Waals surface area contributed by atoms with Crippen LogP contribution in [-0.2, 0) is 17.9 Å². The Morgan fingerprint density at radius 2 is 1.96 bits per heavy atom. The van der Waals surface area contributed by atoms with Gasteiger partial charge in [-0.2, -0.15) is 0 Å². The highest BCUT2D eigenvalue weighted by atomic mass is 16.2. The zero-order valence-electron chi connectivity index (χ0n) is 13.7. The average molecular weight is 310 g/mol. The highest BCUT2D eigenvalue weighted by molar-refractivity contribution is 5.79. The van der Waals surface area contributed by atoms with Crippen molar-refractivity contribution in [3.05, 3.63) is 59.2 Å². The molecule has 0 spiro atoms. The molecule has 5 heteroatoms. The Bertz CT molecular complexity index is 684. The quantitative estimate of drug-likeness (QED) is 0.866. The molecular formula is C18H22N4O. The van der Waals surface area contributed by atoms with Gasteiger partial charge in [-0.25, -0.2) is 0 Å². The van der Waals surface area contributed by atoms with Crippen LogP contribution in [0.5, 0.6) is 0 Å². The Morgan fingerprint density at radius 1 is 1.09 bits per heavy atom. The van der Waals surface area contributed by atoms with Crippen molar-refractivity contribution >= 4 is 5.91 Å². The number of carbonyl (C=O) groups is 1. The minimum atomic E-state index is 0.179. The van der Waals surface area contributed by atoms with E-state index in [0.29, 0.717) is 19.6 Å². The third-order valence-electron chi connectivity index (χ3n) is 4.07. The Kier molecular flexibility index (Phi) is 4.67. The topological polar surface area (TPSA) is 49.3 Å². The number of benzene rings is 1. The highest BCUT2D eigenvalue weighted by Gasteiger charge is 2.24. The van der Waals surface area contributed by atoms with Gasteiger partial charge in [0.25, 0.3) is 0 Å². The number of rotatable bonds is 4. The molecule has 1 amide bonds. The molecule has 120 valence electrons. The molecule has 0 N–H and O–H groups in total. The van der Waals surface area contributed by atoms with E-state index in [0.717, 1.165) is 24.5 Å². The molecule has 5 nitrogen and oxygen atoms in total. The second-order valence-electron chi connectivity index (χ2n) is 6.16. The fourth-order valence-corrected chi connectivity index (χ4v) is 2.82. The molecule has 1 aliphatic heterocycles. The molecule has 1 aliphatic rings. The lowest BCUT2D eigenvalue weighted by molar-refractivity contribution is -0.136. The molecule has 0 atom stereocenters. The van der Waals surface area contributed by atoms with Gasteiger partial charge in [0, 0.05) is 38.6 Å². The first kappa shape index (κ1) is 15.6. The molecule has 2 aromatic rings. The lowest BCUT2D eigenvalue weighted by Gasteiger charge is -2.34. The monoisotopic (exact) mass is 310 g/mol. The summed E-state index contributed by atoms with van der Waals surface area (Å²) in [6.07, 6.45) is 3.56. The smallest absolute Gasteiger partial charge is 0.237 e. The van der Waals surface area contributed by atoms with Crippen LogP contribution in [0.4, 0.5) is 0 Å². The molecule has 0 saturated carbocycles. The molecule has 1 aromatic heterocycles. The van der Waals surface area contributed by atoms with Crippen LogP contribution >= 0.6 is 0 Å². The Balaban J connectivity index is 1.57. The summed E-state index contributed by atoms with van der Waals surface area (Å²) in [5, 5.41) is 0. The van der Waals surface area contributed by atoms with Gasteiger partial charge in [0.15, 0.2) is 0 Å². The van der Waals surface area contributed by atoms with Crippen LogP contribution in [0.3, 0.4) is 0 Å². The SMILES string of the molecule is Cc1cccc(CN2CCN(Cc3cnc(C)cn3)CC2=O)c1. The normalized spacial score (nSPS) is 15.9. The number of hydrogen-bond donors (Lipinski definition) is 0. The maximum absolute atomic E-state index is 12.4. The second-order valence-corrected chi connectivity index (χ2v) is 6.16. The minimum Gasteiger partial charge on any atom is -0.336 e. The number of nitrogens with zero attached hydrogens (tertiary/aromatic N) is 4. The van der Waals surface area contributed by atoms with Gasteiger partial charge in [0.1, 0.15) is 0 Å². The maximum Gasteiger partial charge on any atom is 0.237 e. The third kappa shape index (κ3) is 4.13. The Hall–Kier alpha value is -2.27. The standard InChI is InChI=1S/C18H22N4O/c1-14-4-3-5-16(8-14)11-22-7-6-21(13-18(22)23)12-17-10-19-15(2)9-20-17/h3-5,8-10H,6-7,11-13H2,1-2H3. The molecule has 0 aliphatic carbocycles. The van der Waals surface area contributed by atoms with Crippen LogP contribution in [0.25, 0.3) is 0 Å². The van der Waals surface area contributed by atoms with E-state index in [4.69, 9.17) is 0 Å². The maximum atomic E-state index is 12.4. The lowest BCUT2D eigenvalue weighted by Crippen LogP contribution is -2.49. The van der Waals surface area contributed by atoms with Crippen molar-refractivity contribution in [1.82, 2.24) is 19.8 Å². The Morgan fingerprint density at radius 3 is 2.65 bits per heavy atom. The van der Waals surface area contributed by atoms with Crippen LogP contribution in [0.2, 0.25) is 0 Å². The number of hydrogen-bond acceptors (Lipinski definition) is 4. The summed E-state index contributed by atoms with van der Waals surface area (Å²) in [4.78, 5) is 25.1. The first-order valence-corrected chi connectivity index (χ1v) is 7.93. The van der Waals surface area contributed by atoms with Crippen molar-refractivity contribution in [2.24, 2.45) is 0 Å². The summed E-state index contributed by atoms with van der Waals surface area (Å²) in [6, 6.07) is 8.34. The lowest BCUT2D eigenvalue weighted by atomic mass is 10.1. The number of aryl methyl sites for hydroxylation is 2. The van der Waals surface area contributed by atoms with Crippen molar-refractivity contribution in [1.29, 1.82) is 0 Å². The molecule has 2 heterocycles. The molecule has 0 unspecified atom stereocenters. The van der Waals surface area contributed by atoms with Crippen LogP contribution < -0.4 is 0 Å². The second kappa shape index (κ2) is 6.87. The predicted octanol–water partition coefficient (Wildman–Crippen LogP) is 1.94. The molecule has 1 saturated heterocycles. The predicted molar refractivity (Wildman–Crippen MR) is 88.6 cm³/mol. The molecule has 0 radical (unpaired) electrons. The zero-order chi connectivity index (χ0) is 16.2. The Labute approximate surface area is 137 Å². The van der Waals surface area contributed by atoms with Gasteiger partial charge in [-0.05, 0) is 19.4 Å². The van der Waals surface area contributed by atoms with Crippen molar-refractivity contribution in [3.63, 3.8) is 0 Å². The van der Waals surface area contributed by atoms with Crippen LogP contribution in [0.15, 0.2) is 36.7 Å². The zero-order valence-corrected chi connectivity index (χ0v) is 13.7. The summed E-state index contributed by atoms with van der Waals surface area (Å²) in [7, 11) is 0.